The van der Waals surface area contributed by atoms with E-state index >= 15 is 0 Å². The number of benzene rings is 1. The third-order valence-corrected chi connectivity index (χ3v) is 4.53. The summed E-state index contributed by atoms with van der Waals surface area (Å²) >= 11 is 5.80. The summed E-state index contributed by atoms with van der Waals surface area (Å²) in [5.74, 6) is 0.805. The first-order valence-electron chi connectivity index (χ1n) is 6.41. The SMILES string of the molecule is O=S(=O)(Nc1ccc(NC2CC2)nn1)c1cccc(Cl)c1. The molecule has 1 fully saturated rings. The number of hydrogen-bond acceptors (Lipinski definition) is 5. The average Bonchev–Trinajstić information content (AvgIpc) is 3.25. The highest BCUT2D eigenvalue weighted by Gasteiger charge is 2.21. The van der Waals surface area contributed by atoms with Crippen molar-refractivity contribution in [2.75, 3.05) is 10.0 Å². The number of anilines is 2. The van der Waals surface area contributed by atoms with Gasteiger partial charge in [0.05, 0.1) is 4.90 Å². The van der Waals surface area contributed by atoms with Gasteiger partial charge in [-0.05, 0) is 43.2 Å². The van der Waals surface area contributed by atoms with Crippen LogP contribution in [0.4, 0.5) is 11.6 Å². The second-order valence-corrected chi connectivity index (χ2v) is 6.90. The predicted octanol–water partition coefficient (Wildman–Crippen LogP) is 2.51. The van der Waals surface area contributed by atoms with Crippen LogP contribution in [0.15, 0.2) is 41.3 Å². The van der Waals surface area contributed by atoms with E-state index in [1.165, 1.54) is 12.1 Å². The minimum atomic E-state index is -3.72. The van der Waals surface area contributed by atoms with Crippen molar-refractivity contribution in [2.45, 2.75) is 23.8 Å². The van der Waals surface area contributed by atoms with E-state index < -0.39 is 10.0 Å². The summed E-state index contributed by atoms with van der Waals surface area (Å²) in [5, 5.41) is 11.3. The Balaban J connectivity index is 1.75. The van der Waals surface area contributed by atoms with Crippen LogP contribution in [0.3, 0.4) is 0 Å². The maximum atomic E-state index is 12.2. The van der Waals surface area contributed by atoms with Gasteiger partial charge in [0, 0.05) is 11.1 Å². The van der Waals surface area contributed by atoms with Crippen molar-refractivity contribution in [1.82, 2.24) is 10.2 Å². The zero-order valence-electron chi connectivity index (χ0n) is 11.0. The van der Waals surface area contributed by atoms with Crippen molar-refractivity contribution in [1.29, 1.82) is 0 Å². The van der Waals surface area contributed by atoms with E-state index in [2.05, 4.69) is 20.2 Å². The third-order valence-electron chi connectivity index (χ3n) is 2.94. The number of rotatable bonds is 5. The molecule has 0 amide bonds. The molecule has 0 bridgehead atoms. The number of nitrogens with one attached hydrogen (secondary N) is 2. The number of halogens is 1. The van der Waals surface area contributed by atoms with Crippen molar-refractivity contribution in [2.24, 2.45) is 0 Å². The molecule has 2 N–H and O–H groups in total. The molecule has 1 aromatic carbocycles. The molecule has 0 atom stereocenters. The molecule has 1 aliphatic rings. The highest BCUT2D eigenvalue weighted by molar-refractivity contribution is 7.92. The summed E-state index contributed by atoms with van der Waals surface area (Å²) in [5.41, 5.74) is 0. The number of hydrogen-bond donors (Lipinski definition) is 2. The van der Waals surface area contributed by atoms with Gasteiger partial charge in [0.1, 0.15) is 5.82 Å². The van der Waals surface area contributed by atoms with Crippen molar-refractivity contribution >= 4 is 33.3 Å². The van der Waals surface area contributed by atoms with Crippen molar-refractivity contribution < 1.29 is 8.42 Å². The Kier molecular flexibility index (Phi) is 3.69. The molecule has 6 nitrogen and oxygen atoms in total. The fourth-order valence-electron chi connectivity index (χ4n) is 1.73. The van der Waals surface area contributed by atoms with Crippen molar-refractivity contribution in [3.05, 3.63) is 41.4 Å². The summed E-state index contributed by atoms with van der Waals surface area (Å²) in [4.78, 5) is 0.0805. The predicted molar refractivity (Wildman–Crippen MR) is 80.9 cm³/mol. The molecule has 8 heteroatoms. The number of nitrogens with zero attached hydrogens (tertiary/aromatic N) is 2. The average molecular weight is 325 g/mol. The normalized spacial score (nSPS) is 14.7. The Morgan fingerprint density at radius 2 is 1.81 bits per heavy atom. The molecule has 0 spiro atoms. The molecule has 0 aliphatic heterocycles. The van der Waals surface area contributed by atoms with Gasteiger partial charge in [0.15, 0.2) is 5.82 Å². The van der Waals surface area contributed by atoms with E-state index in [-0.39, 0.29) is 10.7 Å². The van der Waals surface area contributed by atoms with Crippen LogP contribution in [0.2, 0.25) is 5.02 Å². The molecule has 110 valence electrons. The summed E-state index contributed by atoms with van der Waals surface area (Å²) in [7, 11) is -3.72. The fourth-order valence-corrected chi connectivity index (χ4v) is 3.03. The van der Waals surface area contributed by atoms with Gasteiger partial charge in [-0.3, -0.25) is 4.72 Å². The first-order valence-corrected chi connectivity index (χ1v) is 8.28. The van der Waals surface area contributed by atoms with Crippen LogP contribution < -0.4 is 10.0 Å². The van der Waals surface area contributed by atoms with E-state index in [0.717, 1.165) is 12.8 Å². The highest BCUT2D eigenvalue weighted by Crippen LogP contribution is 2.24. The smallest absolute Gasteiger partial charge is 0.263 e. The maximum Gasteiger partial charge on any atom is 0.263 e. The second-order valence-electron chi connectivity index (χ2n) is 4.79. The highest BCUT2D eigenvalue weighted by atomic mass is 35.5. The molecule has 21 heavy (non-hydrogen) atoms. The van der Waals surface area contributed by atoms with E-state index in [1.54, 1.807) is 24.3 Å². The summed E-state index contributed by atoms with van der Waals surface area (Å²) in [6.07, 6.45) is 2.26. The Morgan fingerprint density at radius 3 is 2.43 bits per heavy atom. The van der Waals surface area contributed by atoms with Gasteiger partial charge in [-0.1, -0.05) is 17.7 Å². The third kappa shape index (κ3) is 3.62. The van der Waals surface area contributed by atoms with Crippen LogP contribution in [0.25, 0.3) is 0 Å². The molecule has 2 aromatic rings. The number of sulfonamides is 1. The summed E-state index contributed by atoms with van der Waals surface area (Å²) < 4.78 is 26.7. The van der Waals surface area contributed by atoms with Crippen LogP contribution in [-0.4, -0.2) is 24.7 Å². The first-order chi connectivity index (χ1) is 10.0. The zero-order valence-corrected chi connectivity index (χ0v) is 12.5. The zero-order chi connectivity index (χ0) is 14.9. The molecule has 0 saturated heterocycles. The van der Waals surface area contributed by atoms with Gasteiger partial charge in [0.25, 0.3) is 10.0 Å². The van der Waals surface area contributed by atoms with Crippen molar-refractivity contribution in [3.63, 3.8) is 0 Å². The van der Waals surface area contributed by atoms with Gasteiger partial charge in [-0.15, -0.1) is 10.2 Å². The van der Waals surface area contributed by atoms with Crippen LogP contribution in [0.5, 0.6) is 0 Å². The molecule has 1 saturated carbocycles. The molecule has 0 radical (unpaired) electrons. The lowest BCUT2D eigenvalue weighted by molar-refractivity contribution is 0.601. The van der Waals surface area contributed by atoms with Crippen LogP contribution >= 0.6 is 11.6 Å². The quantitative estimate of drug-likeness (QED) is 0.882. The lowest BCUT2D eigenvalue weighted by Crippen LogP contribution is -2.14. The van der Waals surface area contributed by atoms with Gasteiger partial charge >= 0.3 is 0 Å². The summed E-state index contributed by atoms with van der Waals surface area (Å²) in [6.45, 7) is 0. The van der Waals surface area contributed by atoms with E-state index in [4.69, 9.17) is 11.6 Å². The Morgan fingerprint density at radius 1 is 1.10 bits per heavy atom. The van der Waals surface area contributed by atoms with E-state index in [1.807, 2.05) is 0 Å². The molecular formula is C13H13ClN4O2S. The topological polar surface area (TPSA) is 84.0 Å². The van der Waals surface area contributed by atoms with Crippen LogP contribution in [-0.2, 0) is 10.0 Å². The van der Waals surface area contributed by atoms with Crippen molar-refractivity contribution in [3.8, 4) is 0 Å². The minimum absolute atomic E-state index is 0.0805. The maximum absolute atomic E-state index is 12.2. The van der Waals surface area contributed by atoms with E-state index in [9.17, 15) is 8.42 Å². The Bertz CT molecular complexity index is 745. The van der Waals surface area contributed by atoms with E-state index in [0.29, 0.717) is 16.9 Å². The second kappa shape index (κ2) is 5.50. The first kappa shape index (κ1) is 14.1. The standard InChI is InChI=1S/C13H13ClN4O2S/c14-9-2-1-3-11(8-9)21(19,20)18-13-7-6-12(16-17-13)15-10-4-5-10/h1-3,6-8,10H,4-5H2,(H,15,16)(H,17,18). The summed E-state index contributed by atoms with van der Waals surface area (Å²) in [6, 6.07) is 9.75. The molecular weight excluding hydrogens is 312 g/mol. The van der Waals surface area contributed by atoms with Crippen LogP contribution in [0.1, 0.15) is 12.8 Å². The van der Waals surface area contributed by atoms with Gasteiger partial charge < -0.3 is 5.32 Å². The van der Waals surface area contributed by atoms with Gasteiger partial charge in [-0.25, -0.2) is 8.42 Å². The molecule has 1 heterocycles. The Labute approximate surface area is 127 Å². The van der Waals surface area contributed by atoms with Gasteiger partial charge in [0.2, 0.25) is 0 Å². The lowest BCUT2D eigenvalue weighted by atomic mass is 10.4. The lowest BCUT2D eigenvalue weighted by Gasteiger charge is -2.08. The minimum Gasteiger partial charge on any atom is -0.366 e. The number of aromatic nitrogens is 2. The molecule has 1 aromatic heterocycles. The van der Waals surface area contributed by atoms with Gasteiger partial charge in [-0.2, -0.15) is 0 Å². The molecule has 1 aliphatic carbocycles. The van der Waals surface area contributed by atoms with Crippen LogP contribution in [0, 0.1) is 0 Å². The largest absolute Gasteiger partial charge is 0.366 e. The fraction of sp³-hybridized carbons (Fsp3) is 0.231. The molecule has 0 unspecified atom stereocenters. The monoisotopic (exact) mass is 324 g/mol. The Hall–Kier alpha value is -1.86. The molecule has 3 rings (SSSR count).